The van der Waals surface area contributed by atoms with Gasteiger partial charge in [0.1, 0.15) is 0 Å². The Morgan fingerprint density at radius 3 is 2.63 bits per heavy atom. The number of anilines is 1. The predicted octanol–water partition coefficient (Wildman–Crippen LogP) is 2.86. The summed E-state index contributed by atoms with van der Waals surface area (Å²) in [5.74, 6) is 1.13. The van der Waals surface area contributed by atoms with Crippen molar-refractivity contribution >= 4 is 17.5 Å². The Kier molecular flexibility index (Phi) is 4.32. The van der Waals surface area contributed by atoms with Gasteiger partial charge in [-0.2, -0.15) is 0 Å². The summed E-state index contributed by atoms with van der Waals surface area (Å²) < 4.78 is 0. The van der Waals surface area contributed by atoms with Gasteiger partial charge in [0.2, 0.25) is 5.95 Å². The molecule has 2 aromatic heterocycles. The van der Waals surface area contributed by atoms with Crippen LogP contribution in [0.5, 0.6) is 0 Å². The first-order valence-electron chi connectivity index (χ1n) is 6.12. The highest BCUT2D eigenvalue weighted by Gasteiger charge is 2.08. The third kappa shape index (κ3) is 3.41. The Balaban J connectivity index is 2.15. The van der Waals surface area contributed by atoms with Crippen molar-refractivity contribution in [2.75, 3.05) is 11.9 Å². The van der Waals surface area contributed by atoms with E-state index in [0.717, 1.165) is 22.6 Å². The van der Waals surface area contributed by atoms with Gasteiger partial charge >= 0.3 is 0 Å². The van der Waals surface area contributed by atoms with Crippen molar-refractivity contribution in [1.29, 1.82) is 0 Å². The second-order valence-electron chi connectivity index (χ2n) is 4.54. The SMILES string of the molecule is Cc1cccc(CN(C)c2ncc(CCl)c(C)n2)n1. The molecule has 4 nitrogen and oxygen atoms in total. The standard InChI is InChI=1S/C14H17ClN4/c1-10-5-4-6-13(17-10)9-19(3)14-16-8-12(7-15)11(2)18-14/h4-6,8H,7,9H2,1-3H3. The zero-order chi connectivity index (χ0) is 13.8. The molecule has 0 amide bonds. The molecule has 5 heteroatoms. The molecule has 0 N–H and O–H groups in total. The zero-order valence-corrected chi connectivity index (χ0v) is 12.1. The van der Waals surface area contributed by atoms with Crippen molar-refractivity contribution in [3.63, 3.8) is 0 Å². The van der Waals surface area contributed by atoms with Crippen molar-refractivity contribution in [3.8, 4) is 0 Å². The highest BCUT2D eigenvalue weighted by Crippen LogP contribution is 2.13. The molecule has 0 aliphatic carbocycles. The maximum absolute atomic E-state index is 5.81. The monoisotopic (exact) mass is 276 g/mol. The summed E-state index contributed by atoms with van der Waals surface area (Å²) in [6, 6.07) is 6.00. The number of hydrogen-bond donors (Lipinski definition) is 0. The lowest BCUT2D eigenvalue weighted by Gasteiger charge is -2.17. The van der Waals surface area contributed by atoms with E-state index >= 15 is 0 Å². The Bertz CT molecular complexity index is 571. The summed E-state index contributed by atoms with van der Waals surface area (Å²) in [5, 5.41) is 0. The van der Waals surface area contributed by atoms with Gasteiger partial charge in [-0.25, -0.2) is 9.97 Å². The van der Waals surface area contributed by atoms with Crippen LogP contribution < -0.4 is 4.90 Å². The maximum Gasteiger partial charge on any atom is 0.225 e. The molecule has 0 radical (unpaired) electrons. The van der Waals surface area contributed by atoms with Gasteiger partial charge in [-0.05, 0) is 26.0 Å². The molecule has 0 unspecified atom stereocenters. The summed E-state index contributed by atoms with van der Waals surface area (Å²) in [7, 11) is 1.96. The Labute approximate surface area is 118 Å². The molecule has 0 bridgehead atoms. The van der Waals surface area contributed by atoms with E-state index in [4.69, 9.17) is 11.6 Å². The molecule has 100 valence electrons. The van der Waals surface area contributed by atoms with Gasteiger partial charge in [-0.1, -0.05) is 6.07 Å². The highest BCUT2D eigenvalue weighted by molar-refractivity contribution is 6.17. The maximum atomic E-state index is 5.81. The molecule has 0 atom stereocenters. The third-order valence-corrected chi connectivity index (χ3v) is 3.19. The summed E-state index contributed by atoms with van der Waals surface area (Å²) in [4.78, 5) is 15.3. The normalized spacial score (nSPS) is 10.5. The smallest absolute Gasteiger partial charge is 0.225 e. The van der Waals surface area contributed by atoms with Crippen LogP contribution in [0.3, 0.4) is 0 Å². The minimum atomic E-state index is 0.440. The fraction of sp³-hybridized carbons (Fsp3) is 0.357. The number of rotatable bonds is 4. The van der Waals surface area contributed by atoms with E-state index in [1.807, 2.05) is 44.0 Å². The molecule has 0 spiro atoms. The van der Waals surface area contributed by atoms with Crippen LogP contribution in [0.2, 0.25) is 0 Å². The first kappa shape index (κ1) is 13.7. The van der Waals surface area contributed by atoms with Crippen molar-refractivity contribution in [2.45, 2.75) is 26.3 Å². The van der Waals surface area contributed by atoms with E-state index in [0.29, 0.717) is 18.4 Å². The first-order chi connectivity index (χ1) is 9.10. The topological polar surface area (TPSA) is 41.9 Å². The largest absolute Gasteiger partial charge is 0.338 e. The van der Waals surface area contributed by atoms with Crippen LogP contribution in [0, 0.1) is 13.8 Å². The average Bonchev–Trinajstić information content (AvgIpc) is 2.38. The molecule has 2 aromatic rings. The van der Waals surface area contributed by atoms with E-state index in [9.17, 15) is 0 Å². The summed E-state index contributed by atoms with van der Waals surface area (Å²) in [6.45, 7) is 4.61. The lowest BCUT2D eigenvalue weighted by atomic mass is 10.3. The molecule has 19 heavy (non-hydrogen) atoms. The van der Waals surface area contributed by atoms with E-state index in [-0.39, 0.29) is 0 Å². The van der Waals surface area contributed by atoms with Crippen LogP contribution in [0.25, 0.3) is 0 Å². The Morgan fingerprint density at radius 1 is 1.21 bits per heavy atom. The fourth-order valence-electron chi connectivity index (χ4n) is 1.80. The van der Waals surface area contributed by atoms with Gasteiger partial charge in [0.15, 0.2) is 0 Å². The summed E-state index contributed by atoms with van der Waals surface area (Å²) >= 11 is 5.81. The number of hydrogen-bond acceptors (Lipinski definition) is 4. The van der Waals surface area contributed by atoms with Crippen LogP contribution in [-0.4, -0.2) is 22.0 Å². The number of pyridine rings is 1. The van der Waals surface area contributed by atoms with Crippen LogP contribution in [-0.2, 0) is 12.4 Å². The molecular weight excluding hydrogens is 260 g/mol. The molecule has 2 rings (SSSR count). The van der Waals surface area contributed by atoms with Crippen LogP contribution >= 0.6 is 11.6 Å². The van der Waals surface area contributed by atoms with Crippen LogP contribution in [0.1, 0.15) is 22.6 Å². The predicted molar refractivity (Wildman–Crippen MR) is 77.4 cm³/mol. The summed E-state index contributed by atoms with van der Waals surface area (Å²) in [5.41, 5.74) is 3.90. The number of alkyl halides is 1. The van der Waals surface area contributed by atoms with E-state index in [1.165, 1.54) is 0 Å². The van der Waals surface area contributed by atoms with E-state index in [1.54, 1.807) is 6.20 Å². The lowest BCUT2D eigenvalue weighted by molar-refractivity contribution is 0.827. The Hall–Kier alpha value is -1.68. The van der Waals surface area contributed by atoms with Crippen molar-refractivity contribution < 1.29 is 0 Å². The second kappa shape index (κ2) is 5.97. The average molecular weight is 277 g/mol. The number of aryl methyl sites for hydroxylation is 2. The van der Waals surface area contributed by atoms with E-state index < -0.39 is 0 Å². The van der Waals surface area contributed by atoms with Crippen molar-refractivity contribution in [1.82, 2.24) is 15.0 Å². The Morgan fingerprint density at radius 2 is 2.00 bits per heavy atom. The van der Waals surface area contributed by atoms with E-state index in [2.05, 4.69) is 15.0 Å². The van der Waals surface area contributed by atoms with Gasteiger partial charge in [0.25, 0.3) is 0 Å². The third-order valence-electron chi connectivity index (χ3n) is 2.90. The quantitative estimate of drug-likeness (QED) is 0.806. The number of halogens is 1. The highest BCUT2D eigenvalue weighted by atomic mass is 35.5. The molecule has 0 aliphatic heterocycles. The molecule has 0 fully saturated rings. The number of nitrogens with zero attached hydrogens (tertiary/aromatic N) is 4. The lowest BCUT2D eigenvalue weighted by Crippen LogP contribution is -2.20. The summed E-state index contributed by atoms with van der Waals surface area (Å²) in [6.07, 6.45) is 1.78. The molecule has 0 saturated carbocycles. The van der Waals surface area contributed by atoms with Gasteiger partial charge in [-0.15, -0.1) is 11.6 Å². The van der Waals surface area contributed by atoms with Crippen LogP contribution in [0.15, 0.2) is 24.4 Å². The van der Waals surface area contributed by atoms with Crippen molar-refractivity contribution in [3.05, 3.63) is 47.0 Å². The van der Waals surface area contributed by atoms with Gasteiger partial charge < -0.3 is 4.90 Å². The molecule has 0 aromatic carbocycles. The van der Waals surface area contributed by atoms with Crippen molar-refractivity contribution in [2.24, 2.45) is 0 Å². The molecule has 0 saturated heterocycles. The minimum Gasteiger partial charge on any atom is -0.338 e. The zero-order valence-electron chi connectivity index (χ0n) is 11.4. The fourth-order valence-corrected chi connectivity index (χ4v) is 2.06. The van der Waals surface area contributed by atoms with Gasteiger partial charge in [0, 0.05) is 30.2 Å². The van der Waals surface area contributed by atoms with Gasteiger partial charge in [-0.3, -0.25) is 4.98 Å². The molecule has 2 heterocycles. The molecule has 0 aliphatic rings. The minimum absolute atomic E-state index is 0.440. The van der Waals surface area contributed by atoms with Crippen LogP contribution in [0.4, 0.5) is 5.95 Å². The number of aromatic nitrogens is 3. The first-order valence-corrected chi connectivity index (χ1v) is 6.65. The molecular formula is C14H17ClN4. The van der Waals surface area contributed by atoms with Gasteiger partial charge in [0.05, 0.1) is 18.1 Å². The second-order valence-corrected chi connectivity index (χ2v) is 4.81.